The van der Waals surface area contributed by atoms with Crippen molar-refractivity contribution in [1.82, 2.24) is 14.7 Å². The molecule has 0 unspecified atom stereocenters. The Morgan fingerprint density at radius 3 is 2.68 bits per heavy atom. The summed E-state index contributed by atoms with van der Waals surface area (Å²) in [6.45, 7) is 3.94. The molecule has 1 fully saturated rings. The molecule has 0 spiro atoms. The van der Waals surface area contributed by atoms with Crippen molar-refractivity contribution in [3.8, 4) is 16.9 Å². The first-order chi connectivity index (χ1) is 13.1. The molecule has 28 heavy (non-hydrogen) atoms. The number of hydrogen-bond acceptors (Lipinski definition) is 6. The summed E-state index contributed by atoms with van der Waals surface area (Å²) in [5.74, 6) is -0.295. The van der Waals surface area contributed by atoms with Crippen LogP contribution in [0.15, 0.2) is 23.5 Å². The Balaban J connectivity index is 1.88. The number of amides is 1. The molecule has 3 heterocycles. The molecular formula is C18H19FN4O4S. The molecule has 4 rings (SSSR count). The summed E-state index contributed by atoms with van der Waals surface area (Å²) >= 11 is 0. The van der Waals surface area contributed by atoms with E-state index in [0.717, 1.165) is 0 Å². The Kier molecular flexibility index (Phi) is 4.16. The molecule has 2 aromatic rings. The van der Waals surface area contributed by atoms with Gasteiger partial charge in [-0.05, 0) is 33.4 Å². The average Bonchev–Trinajstić information content (AvgIpc) is 3.07. The second-order valence-corrected chi connectivity index (χ2v) is 8.96. The van der Waals surface area contributed by atoms with E-state index in [4.69, 9.17) is 4.74 Å². The van der Waals surface area contributed by atoms with Crippen LogP contribution >= 0.6 is 0 Å². The quantitative estimate of drug-likeness (QED) is 0.782. The van der Waals surface area contributed by atoms with E-state index in [1.807, 2.05) is 0 Å². The molecule has 0 bridgehead atoms. The highest BCUT2D eigenvalue weighted by atomic mass is 32.2. The van der Waals surface area contributed by atoms with Crippen LogP contribution in [0.5, 0.6) is 5.75 Å². The van der Waals surface area contributed by atoms with Gasteiger partial charge in [0, 0.05) is 36.4 Å². The van der Waals surface area contributed by atoms with Gasteiger partial charge in [0.2, 0.25) is 5.91 Å². The van der Waals surface area contributed by atoms with Gasteiger partial charge >= 0.3 is 0 Å². The normalized spacial score (nSPS) is 17.9. The zero-order valence-corrected chi connectivity index (χ0v) is 16.4. The summed E-state index contributed by atoms with van der Waals surface area (Å²) in [5.41, 5.74) is 0.437. The number of carbonyl (C=O) groups excluding carboxylic acids is 1. The number of carbonyl (C=O) groups is 1. The summed E-state index contributed by atoms with van der Waals surface area (Å²) < 4.78 is 47.1. The maximum atomic E-state index is 14.8. The average molecular weight is 406 g/mol. The van der Waals surface area contributed by atoms with Crippen LogP contribution in [0.25, 0.3) is 11.1 Å². The monoisotopic (exact) mass is 406 g/mol. The van der Waals surface area contributed by atoms with Crippen LogP contribution in [0.3, 0.4) is 0 Å². The highest BCUT2D eigenvalue weighted by Gasteiger charge is 2.37. The van der Waals surface area contributed by atoms with Crippen LogP contribution in [0, 0.1) is 5.82 Å². The van der Waals surface area contributed by atoms with Gasteiger partial charge in [-0.15, -0.1) is 0 Å². The standard InChI is InChI=1S/C18H19FN4O4S/c1-18(2)16-11(9-21-17(22-16)28(25,26)20-3)10-7-12(19)13(8-14(10)27-18)23-6-4-5-15(23)24/h7-9,20H,4-6H2,1-3H3. The van der Waals surface area contributed by atoms with Crippen LogP contribution in [-0.4, -0.2) is 37.9 Å². The van der Waals surface area contributed by atoms with Crippen molar-refractivity contribution < 1.29 is 22.3 Å². The summed E-state index contributed by atoms with van der Waals surface area (Å²) in [6, 6.07) is 2.79. The molecule has 1 aromatic heterocycles. The number of nitrogens with zero attached hydrogens (tertiary/aromatic N) is 3. The van der Waals surface area contributed by atoms with Gasteiger partial charge in [0.1, 0.15) is 17.2 Å². The number of halogens is 1. The maximum Gasteiger partial charge on any atom is 0.276 e. The maximum absolute atomic E-state index is 14.8. The minimum Gasteiger partial charge on any atom is -0.481 e. The fourth-order valence-electron chi connectivity index (χ4n) is 3.51. The van der Waals surface area contributed by atoms with Crippen LogP contribution < -0.4 is 14.4 Å². The van der Waals surface area contributed by atoms with Gasteiger partial charge in [-0.3, -0.25) is 4.79 Å². The zero-order chi connectivity index (χ0) is 20.3. The van der Waals surface area contributed by atoms with Gasteiger partial charge in [-0.1, -0.05) is 0 Å². The Morgan fingerprint density at radius 2 is 2.04 bits per heavy atom. The third-order valence-corrected chi connectivity index (χ3v) is 6.13. The molecule has 0 saturated carbocycles. The molecular weight excluding hydrogens is 387 g/mol. The number of nitrogens with one attached hydrogen (secondary N) is 1. The zero-order valence-electron chi connectivity index (χ0n) is 15.6. The van der Waals surface area contributed by atoms with Gasteiger partial charge in [-0.2, -0.15) is 0 Å². The highest BCUT2D eigenvalue weighted by Crippen LogP contribution is 2.46. The lowest BCUT2D eigenvalue weighted by atomic mass is 9.91. The topological polar surface area (TPSA) is 101 Å². The van der Waals surface area contributed by atoms with Crippen molar-refractivity contribution >= 4 is 21.6 Å². The largest absolute Gasteiger partial charge is 0.481 e. The molecule has 0 atom stereocenters. The van der Waals surface area contributed by atoms with Crippen LogP contribution in [0.1, 0.15) is 32.4 Å². The van der Waals surface area contributed by atoms with Crippen LogP contribution in [0.4, 0.5) is 10.1 Å². The Hall–Kier alpha value is -2.59. The molecule has 2 aliphatic rings. The fourth-order valence-corrected chi connectivity index (χ4v) is 4.10. The van der Waals surface area contributed by atoms with Gasteiger partial charge in [-0.25, -0.2) is 27.5 Å². The SMILES string of the molecule is CNS(=O)(=O)c1ncc2c(n1)C(C)(C)Oc1cc(N3CCCC3=O)c(F)cc1-2. The minimum atomic E-state index is -3.84. The Morgan fingerprint density at radius 1 is 1.29 bits per heavy atom. The molecule has 148 valence electrons. The van der Waals surface area contributed by atoms with Crippen molar-refractivity contribution in [2.24, 2.45) is 0 Å². The third-order valence-electron chi connectivity index (χ3n) is 4.91. The van der Waals surface area contributed by atoms with E-state index in [1.165, 1.54) is 30.3 Å². The van der Waals surface area contributed by atoms with Gasteiger partial charge in [0.25, 0.3) is 15.2 Å². The van der Waals surface area contributed by atoms with E-state index in [9.17, 15) is 17.6 Å². The molecule has 1 N–H and O–H groups in total. The number of anilines is 1. The van der Waals surface area contributed by atoms with Crippen molar-refractivity contribution in [3.05, 3.63) is 29.8 Å². The molecule has 1 aromatic carbocycles. The first kappa shape index (κ1) is 18.8. The van der Waals surface area contributed by atoms with Crippen LogP contribution in [0.2, 0.25) is 0 Å². The third kappa shape index (κ3) is 2.83. The van der Waals surface area contributed by atoms with Gasteiger partial charge in [0.15, 0.2) is 0 Å². The van der Waals surface area contributed by atoms with E-state index in [2.05, 4.69) is 14.7 Å². The first-order valence-electron chi connectivity index (χ1n) is 8.78. The van der Waals surface area contributed by atoms with Crippen molar-refractivity contribution in [2.75, 3.05) is 18.5 Å². The predicted molar refractivity (Wildman–Crippen MR) is 98.9 cm³/mol. The molecule has 0 radical (unpaired) electrons. The van der Waals surface area contributed by atoms with Crippen LogP contribution in [-0.2, 0) is 20.4 Å². The lowest BCUT2D eigenvalue weighted by molar-refractivity contribution is -0.117. The van der Waals surface area contributed by atoms with E-state index < -0.39 is 21.4 Å². The number of fused-ring (bicyclic) bond motifs is 3. The number of rotatable bonds is 3. The second kappa shape index (κ2) is 6.21. The first-order valence-corrected chi connectivity index (χ1v) is 10.3. The predicted octanol–water partition coefficient (Wildman–Crippen LogP) is 1.95. The van der Waals surface area contributed by atoms with Gasteiger partial charge < -0.3 is 9.64 Å². The Bertz CT molecular complexity index is 1100. The lowest BCUT2D eigenvalue weighted by Crippen LogP contribution is -2.33. The van der Waals surface area contributed by atoms with Gasteiger partial charge in [0.05, 0.1) is 11.4 Å². The van der Waals surface area contributed by atoms with Crippen molar-refractivity contribution in [1.29, 1.82) is 0 Å². The summed E-state index contributed by atoms with van der Waals surface area (Å²) in [4.78, 5) is 21.5. The van der Waals surface area contributed by atoms with E-state index in [1.54, 1.807) is 13.8 Å². The van der Waals surface area contributed by atoms with E-state index >= 15 is 0 Å². The molecule has 1 amide bonds. The molecule has 8 nitrogen and oxygen atoms in total. The number of hydrogen-bond donors (Lipinski definition) is 1. The minimum absolute atomic E-state index is 0.125. The highest BCUT2D eigenvalue weighted by molar-refractivity contribution is 7.89. The van der Waals surface area contributed by atoms with Crippen molar-refractivity contribution in [3.63, 3.8) is 0 Å². The molecule has 0 aliphatic carbocycles. The summed E-state index contributed by atoms with van der Waals surface area (Å²) in [6.07, 6.45) is 2.43. The van der Waals surface area contributed by atoms with E-state index in [-0.39, 0.29) is 16.8 Å². The van der Waals surface area contributed by atoms with E-state index in [0.29, 0.717) is 42.0 Å². The lowest BCUT2D eigenvalue weighted by Gasteiger charge is -2.34. The molecule has 2 aliphatic heterocycles. The number of aromatic nitrogens is 2. The Labute approximate surface area is 161 Å². The molecule has 10 heteroatoms. The summed E-state index contributed by atoms with van der Waals surface area (Å²) in [7, 11) is -2.57. The fraction of sp³-hybridized carbons (Fsp3) is 0.389. The number of benzene rings is 1. The van der Waals surface area contributed by atoms with Crippen molar-refractivity contribution in [2.45, 2.75) is 37.4 Å². The molecule has 1 saturated heterocycles. The number of ether oxygens (including phenoxy) is 1. The summed E-state index contributed by atoms with van der Waals surface area (Å²) in [5, 5.41) is -0.381. The number of sulfonamides is 1. The smallest absolute Gasteiger partial charge is 0.276 e. The second-order valence-electron chi connectivity index (χ2n) is 7.18.